The van der Waals surface area contributed by atoms with E-state index in [0.29, 0.717) is 24.8 Å². The minimum absolute atomic E-state index is 0.110. The predicted molar refractivity (Wildman–Crippen MR) is 55.7 cm³/mol. The molecule has 0 heterocycles. The highest BCUT2D eigenvalue weighted by Crippen LogP contribution is 2.46. The predicted octanol–water partition coefficient (Wildman–Crippen LogP) is 2.48. The van der Waals surface area contributed by atoms with Crippen LogP contribution in [0.25, 0.3) is 0 Å². The summed E-state index contributed by atoms with van der Waals surface area (Å²) in [6.45, 7) is 1.74. The topological polar surface area (TPSA) is 29.1 Å². The second-order valence-corrected chi connectivity index (χ2v) is 4.11. The lowest BCUT2D eigenvalue weighted by atomic mass is 10.0. The van der Waals surface area contributed by atoms with E-state index in [0.717, 1.165) is 6.07 Å². The molecule has 2 nitrogen and oxygen atoms in total. The highest BCUT2D eigenvalue weighted by atomic mass is 19.1. The number of hydrogen-bond donors (Lipinski definition) is 1. The second kappa shape index (κ2) is 3.85. The van der Waals surface area contributed by atoms with Crippen LogP contribution in [0, 0.1) is 11.6 Å². The van der Waals surface area contributed by atoms with Gasteiger partial charge in [0.15, 0.2) is 0 Å². The lowest BCUT2D eigenvalue weighted by molar-refractivity contribution is -0.121. The molecule has 1 amide bonds. The molecule has 86 valence electrons. The van der Waals surface area contributed by atoms with Crippen LogP contribution < -0.4 is 5.32 Å². The zero-order valence-electron chi connectivity index (χ0n) is 9.02. The summed E-state index contributed by atoms with van der Waals surface area (Å²) in [6.07, 6.45) is 1.78. The summed E-state index contributed by atoms with van der Waals surface area (Å²) in [7, 11) is 0. The Balaban J connectivity index is 2.26. The van der Waals surface area contributed by atoms with Crippen LogP contribution >= 0.6 is 0 Å². The van der Waals surface area contributed by atoms with Gasteiger partial charge in [0.1, 0.15) is 11.6 Å². The first kappa shape index (κ1) is 11.0. The van der Waals surface area contributed by atoms with Crippen LogP contribution in [0.1, 0.15) is 31.7 Å². The standard InChI is InChI=1S/C12H13F2NO/c1-2-11(16)15-12(5-6-12)9-4-3-8(13)7-10(9)14/h3-4,7H,2,5-6H2,1H3,(H,15,16). The van der Waals surface area contributed by atoms with Crippen molar-refractivity contribution in [2.24, 2.45) is 0 Å². The number of amides is 1. The average molecular weight is 225 g/mol. The quantitative estimate of drug-likeness (QED) is 0.841. The molecule has 0 aromatic heterocycles. The first-order chi connectivity index (χ1) is 7.57. The molecule has 1 aliphatic carbocycles. The number of rotatable bonds is 3. The summed E-state index contributed by atoms with van der Waals surface area (Å²) in [6, 6.07) is 3.48. The van der Waals surface area contributed by atoms with Crippen LogP contribution in [0.3, 0.4) is 0 Å². The third-order valence-electron chi connectivity index (χ3n) is 2.90. The van der Waals surface area contributed by atoms with Gasteiger partial charge in [-0.15, -0.1) is 0 Å². The fourth-order valence-electron chi connectivity index (χ4n) is 1.82. The lowest BCUT2D eigenvalue weighted by Crippen LogP contribution is -2.35. The number of halogens is 2. The van der Waals surface area contributed by atoms with Gasteiger partial charge in [0.05, 0.1) is 5.54 Å². The molecule has 0 unspecified atom stereocenters. The van der Waals surface area contributed by atoms with Gasteiger partial charge in [-0.2, -0.15) is 0 Å². The van der Waals surface area contributed by atoms with Crippen LogP contribution in [-0.2, 0) is 10.3 Å². The molecule has 1 fully saturated rings. The van der Waals surface area contributed by atoms with E-state index >= 15 is 0 Å². The maximum Gasteiger partial charge on any atom is 0.220 e. The average Bonchev–Trinajstić information content (AvgIpc) is 2.98. The fourth-order valence-corrected chi connectivity index (χ4v) is 1.82. The maximum atomic E-state index is 13.5. The van der Waals surface area contributed by atoms with Crippen LogP contribution in [0.4, 0.5) is 8.78 Å². The zero-order valence-corrected chi connectivity index (χ0v) is 9.02. The Labute approximate surface area is 92.7 Å². The monoisotopic (exact) mass is 225 g/mol. The smallest absolute Gasteiger partial charge is 0.220 e. The van der Waals surface area contributed by atoms with E-state index in [1.54, 1.807) is 6.92 Å². The van der Waals surface area contributed by atoms with Gasteiger partial charge in [-0.1, -0.05) is 13.0 Å². The van der Waals surface area contributed by atoms with E-state index in [4.69, 9.17) is 0 Å². The third kappa shape index (κ3) is 1.92. The highest BCUT2D eigenvalue weighted by Gasteiger charge is 2.47. The van der Waals surface area contributed by atoms with E-state index in [9.17, 15) is 13.6 Å². The van der Waals surface area contributed by atoms with Crippen molar-refractivity contribution in [3.05, 3.63) is 35.4 Å². The molecule has 1 aromatic carbocycles. The first-order valence-electron chi connectivity index (χ1n) is 5.34. The molecule has 0 aliphatic heterocycles. The van der Waals surface area contributed by atoms with Crippen molar-refractivity contribution >= 4 is 5.91 Å². The minimum Gasteiger partial charge on any atom is -0.346 e. The Morgan fingerprint density at radius 2 is 2.12 bits per heavy atom. The van der Waals surface area contributed by atoms with Gasteiger partial charge in [0.25, 0.3) is 0 Å². The third-order valence-corrected chi connectivity index (χ3v) is 2.90. The van der Waals surface area contributed by atoms with Gasteiger partial charge in [-0.05, 0) is 18.9 Å². The Kier molecular flexibility index (Phi) is 2.66. The number of carbonyl (C=O) groups excluding carboxylic acids is 1. The molecule has 0 atom stereocenters. The lowest BCUT2D eigenvalue weighted by Gasteiger charge is -2.18. The van der Waals surface area contributed by atoms with Crippen LogP contribution in [-0.4, -0.2) is 5.91 Å². The fraction of sp³-hybridized carbons (Fsp3) is 0.417. The molecule has 0 spiro atoms. The van der Waals surface area contributed by atoms with Gasteiger partial charge < -0.3 is 5.32 Å². The van der Waals surface area contributed by atoms with Gasteiger partial charge >= 0.3 is 0 Å². The van der Waals surface area contributed by atoms with Crippen molar-refractivity contribution in [1.29, 1.82) is 0 Å². The molecular weight excluding hydrogens is 212 g/mol. The van der Waals surface area contributed by atoms with E-state index in [2.05, 4.69) is 5.32 Å². The second-order valence-electron chi connectivity index (χ2n) is 4.11. The van der Waals surface area contributed by atoms with Gasteiger partial charge in [0.2, 0.25) is 5.91 Å². The van der Waals surface area contributed by atoms with Crippen LogP contribution in [0.5, 0.6) is 0 Å². The van der Waals surface area contributed by atoms with Crippen LogP contribution in [0.2, 0.25) is 0 Å². The first-order valence-corrected chi connectivity index (χ1v) is 5.34. The number of carbonyl (C=O) groups is 1. The summed E-state index contributed by atoms with van der Waals surface area (Å²) < 4.78 is 26.3. The SMILES string of the molecule is CCC(=O)NC1(c2ccc(F)cc2F)CC1. The number of hydrogen-bond acceptors (Lipinski definition) is 1. The van der Waals surface area contributed by atoms with Crippen molar-refractivity contribution < 1.29 is 13.6 Å². The molecule has 0 bridgehead atoms. The number of benzene rings is 1. The maximum absolute atomic E-state index is 13.5. The normalized spacial score (nSPS) is 16.9. The molecule has 2 rings (SSSR count). The molecule has 1 aromatic rings. The summed E-state index contributed by atoms with van der Waals surface area (Å²) in [5.74, 6) is -1.30. The number of nitrogens with one attached hydrogen (secondary N) is 1. The Morgan fingerprint density at radius 1 is 1.44 bits per heavy atom. The Hall–Kier alpha value is -1.45. The van der Waals surface area contributed by atoms with E-state index < -0.39 is 17.2 Å². The van der Waals surface area contributed by atoms with Crippen molar-refractivity contribution in [2.75, 3.05) is 0 Å². The molecule has 1 aliphatic rings. The Bertz CT molecular complexity index is 427. The summed E-state index contributed by atoms with van der Waals surface area (Å²) in [5, 5.41) is 2.79. The summed E-state index contributed by atoms with van der Waals surface area (Å²) >= 11 is 0. The molecule has 0 saturated heterocycles. The zero-order chi connectivity index (χ0) is 11.8. The van der Waals surface area contributed by atoms with Gasteiger partial charge in [-0.3, -0.25) is 4.79 Å². The molecular formula is C12H13F2NO. The van der Waals surface area contributed by atoms with Gasteiger partial charge in [0, 0.05) is 18.1 Å². The summed E-state index contributed by atoms with van der Waals surface area (Å²) in [5.41, 5.74) is -0.207. The largest absolute Gasteiger partial charge is 0.346 e. The van der Waals surface area contributed by atoms with Crippen molar-refractivity contribution in [3.8, 4) is 0 Å². The highest BCUT2D eigenvalue weighted by molar-refractivity contribution is 5.77. The molecule has 1 saturated carbocycles. The van der Waals surface area contributed by atoms with Crippen LogP contribution in [0.15, 0.2) is 18.2 Å². The minimum atomic E-state index is -0.598. The molecule has 16 heavy (non-hydrogen) atoms. The van der Waals surface area contributed by atoms with Crippen molar-refractivity contribution in [2.45, 2.75) is 31.7 Å². The molecule has 4 heteroatoms. The van der Waals surface area contributed by atoms with E-state index in [-0.39, 0.29) is 5.91 Å². The summed E-state index contributed by atoms with van der Waals surface area (Å²) in [4.78, 5) is 11.3. The van der Waals surface area contributed by atoms with E-state index in [1.165, 1.54) is 12.1 Å². The molecule has 0 radical (unpaired) electrons. The molecule has 1 N–H and O–H groups in total. The Morgan fingerprint density at radius 3 is 2.62 bits per heavy atom. The van der Waals surface area contributed by atoms with Crippen molar-refractivity contribution in [1.82, 2.24) is 5.32 Å². The van der Waals surface area contributed by atoms with Crippen molar-refractivity contribution in [3.63, 3.8) is 0 Å². The van der Waals surface area contributed by atoms with Gasteiger partial charge in [-0.25, -0.2) is 8.78 Å². The van der Waals surface area contributed by atoms with E-state index in [1.807, 2.05) is 0 Å².